The highest BCUT2D eigenvalue weighted by Crippen LogP contribution is 2.16. The Bertz CT molecular complexity index is 824. The molecular formula is C16H21N5O3. The first kappa shape index (κ1) is 16.4. The van der Waals surface area contributed by atoms with E-state index in [1.807, 2.05) is 6.92 Å². The van der Waals surface area contributed by atoms with Crippen LogP contribution in [-0.2, 0) is 6.54 Å². The summed E-state index contributed by atoms with van der Waals surface area (Å²) in [6.07, 6.45) is 2.81. The molecular weight excluding hydrogens is 310 g/mol. The molecule has 0 aromatic carbocycles. The smallest absolute Gasteiger partial charge is 0.341 e. The van der Waals surface area contributed by atoms with E-state index in [0.717, 1.165) is 32.7 Å². The average Bonchev–Trinajstić information content (AvgIpc) is 2.61. The maximum absolute atomic E-state index is 12.3. The summed E-state index contributed by atoms with van der Waals surface area (Å²) in [5.74, 6) is -0.646. The number of carbonyl (C=O) groups is 1. The van der Waals surface area contributed by atoms with Gasteiger partial charge in [0.1, 0.15) is 11.2 Å². The minimum atomic E-state index is -1.23. The maximum atomic E-state index is 12.3. The minimum absolute atomic E-state index is 0.243. The molecule has 0 bridgehead atoms. The number of carboxylic acid groups (broad SMARTS) is 1. The number of hydrogen-bond donors (Lipinski definition) is 1. The van der Waals surface area contributed by atoms with Crippen LogP contribution in [0.15, 0.2) is 17.2 Å². The Morgan fingerprint density at radius 3 is 2.50 bits per heavy atom. The number of rotatable bonds is 4. The Morgan fingerprint density at radius 1 is 1.21 bits per heavy atom. The van der Waals surface area contributed by atoms with Crippen molar-refractivity contribution in [2.24, 2.45) is 0 Å². The summed E-state index contributed by atoms with van der Waals surface area (Å²) in [5.41, 5.74) is -0.308. The fraction of sp³-hybridized carbons (Fsp3) is 0.500. The Labute approximate surface area is 139 Å². The lowest BCUT2D eigenvalue weighted by molar-refractivity contribution is 0.0695. The number of pyridine rings is 1. The highest BCUT2D eigenvalue weighted by atomic mass is 16.4. The van der Waals surface area contributed by atoms with E-state index < -0.39 is 11.4 Å². The molecule has 2 aromatic heterocycles. The van der Waals surface area contributed by atoms with Crippen molar-refractivity contribution < 1.29 is 9.90 Å². The minimum Gasteiger partial charge on any atom is -0.477 e. The van der Waals surface area contributed by atoms with Crippen molar-refractivity contribution in [1.82, 2.24) is 19.4 Å². The predicted molar refractivity (Wildman–Crippen MR) is 90.8 cm³/mol. The van der Waals surface area contributed by atoms with Gasteiger partial charge in [0, 0.05) is 45.1 Å². The number of aryl methyl sites for hydroxylation is 1. The van der Waals surface area contributed by atoms with Crippen molar-refractivity contribution >= 4 is 23.0 Å². The number of carboxylic acids is 1. The molecule has 0 spiro atoms. The van der Waals surface area contributed by atoms with Gasteiger partial charge < -0.3 is 19.5 Å². The molecule has 0 radical (unpaired) electrons. The quantitative estimate of drug-likeness (QED) is 0.879. The molecule has 128 valence electrons. The number of aromatic nitrogens is 3. The number of hydrogen-bond acceptors (Lipinski definition) is 6. The second-order valence-corrected chi connectivity index (χ2v) is 5.79. The van der Waals surface area contributed by atoms with Crippen molar-refractivity contribution in [1.29, 1.82) is 0 Å². The highest BCUT2D eigenvalue weighted by molar-refractivity contribution is 5.91. The van der Waals surface area contributed by atoms with Crippen LogP contribution in [0, 0.1) is 0 Å². The normalized spacial score (nSPS) is 15.8. The third-order valence-electron chi connectivity index (χ3n) is 4.48. The van der Waals surface area contributed by atoms with Crippen molar-refractivity contribution in [3.63, 3.8) is 0 Å². The molecule has 1 fully saturated rings. The summed E-state index contributed by atoms with van der Waals surface area (Å²) in [7, 11) is 0. The number of piperazine rings is 1. The van der Waals surface area contributed by atoms with E-state index in [1.54, 1.807) is 4.57 Å². The SMILES string of the molecule is CCN1CCN(c2ncc3c(=O)c(C(=O)O)cn(CC)c3n2)CC1. The number of nitrogens with zero attached hydrogens (tertiary/aromatic N) is 5. The number of fused-ring (bicyclic) bond motifs is 1. The zero-order valence-electron chi connectivity index (χ0n) is 13.9. The molecule has 3 heterocycles. The van der Waals surface area contributed by atoms with Gasteiger partial charge in [-0.3, -0.25) is 4.79 Å². The lowest BCUT2D eigenvalue weighted by atomic mass is 10.2. The lowest BCUT2D eigenvalue weighted by Crippen LogP contribution is -2.46. The molecule has 0 amide bonds. The molecule has 3 rings (SSSR count). The summed E-state index contributed by atoms with van der Waals surface area (Å²) in [5, 5.41) is 9.43. The average molecular weight is 331 g/mol. The second-order valence-electron chi connectivity index (χ2n) is 5.79. The molecule has 1 aliphatic heterocycles. The topological polar surface area (TPSA) is 91.6 Å². The molecule has 0 unspecified atom stereocenters. The fourth-order valence-electron chi connectivity index (χ4n) is 2.97. The molecule has 24 heavy (non-hydrogen) atoms. The molecule has 8 nitrogen and oxygen atoms in total. The van der Waals surface area contributed by atoms with Gasteiger partial charge in [0.05, 0.1) is 5.39 Å². The van der Waals surface area contributed by atoms with Gasteiger partial charge in [-0.05, 0) is 13.5 Å². The molecule has 1 saturated heterocycles. The van der Waals surface area contributed by atoms with Crippen molar-refractivity contribution in [2.75, 3.05) is 37.6 Å². The standard InChI is InChI=1S/C16H21N5O3/c1-3-19-5-7-21(8-6-19)16-17-9-11-13(22)12(15(23)24)10-20(4-2)14(11)18-16/h9-10H,3-8H2,1-2H3,(H,23,24). The first-order valence-corrected chi connectivity index (χ1v) is 8.16. The zero-order chi connectivity index (χ0) is 17.3. The van der Waals surface area contributed by atoms with Crippen LogP contribution in [0.25, 0.3) is 11.0 Å². The van der Waals surface area contributed by atoms with Crippen molar-refractivity contribution in [3.8, 4) is 0 Å². The Balaban J connectivity index is 2.04. The van der Waals surface area contributed by atoms with Gasteiger partial charge in [-0.1, -0.05) is 6.92 Å². The van der Waals surface area contributed by atoms with E-state index in [9.17, 15) is 14.7 Å². The molecule has 0 saturated carbocycles. The molecule has 0 atom stereocenters. The van der Waals surface area contributed by atoms with Gasteiger partial charge in [0.15, 0.2) is 0 Å². The summed E-state index contributed by atoms with van der Waals surface area (Å²) in [6, 6.07) is 0. The second kappa shape index (κ2) is 6.56. The fourth-order valence-corrected chi connectivity index (χ4v) is 2.97. The van der Waals surface area contributed by atoms with Gasteiger partial charge in [-0.25, -0.2) is 9.78 Å². The Hall–Kier alpha value is -2.48. The van der Waals surface area contributed by atoms with Crippen LogP contribution in [0.2, 0.25) is 0 Å². The van der Waals surface area contributed by atoms with E-state index >= 15 is 0 Å². The molecule has 1 aliphatic rings. The van der Waals surface area contributed by atoms with Crippen LogP contribution >= 0.6 is 0 Å². The van der Waals surface area contributed by atoms with Gasteiger partial charge in [0.2, 0.25) is 11.4 Å². The molecule has 2 aromatic rings. The van der Waals surface area contributed by atoms with Gasteiger partial charge in [-0.2, -0.15) is 4.98 Å². The third-order valence-corrected chi connectivity index (χ3v) is 4.48. The molecule has 0 aliphatic carbocycles. The molecule has 8 heteroatoms. The molecule has 1 N–H and O–H groups in total. The van der Waals surface area contributed by atoms with E-state index in [1.165, 1.54) is 12.4 Å². The van der Waals surface area contributed by atoms with Crippen LogP contribution in [0.3, 0.4) is 0 Å². The number of likely N-dealkylation sites (N-methyl/N-ethyl adjacent to an activating group) is 1. The van der Waals surface area contributed by atoms with E-state index in [-0.39, 0.29) is 10.9 Å². The van der Waals surface area contributed by atoms with Crippen LogP contribution < -0.4 is 10.3 Å². The Morgan fingerprint density at radius 2 is 1.92 bits per heavy atom. The zero-order valence-corrected chi connectivity index (χ0v) is 13.9. The van der Waals surface area contributed by atoms with Crippen LogP contribution in [0.4, 0.5) is 5.95 Å². The summed E-state index contributed by atoms with van der Waals surface area (Å²) >= 11 is 0. The summed E-state index contributed by atoms with van der Waals surface area (Å²) in [4.78, 5) is 36.9. The van der Waals surface area contributed by atoms with E-state index in [4.69, 9.17) is 0 Å². The van der Waals surface area contributed by atoms with Gasteiger partial charge in [-0.15, -0.1) is 0 Å². The van der Waals surface area contributed by atoms with Crippen LogP contribution in [0.5, 0.6) is 0 Å². The van der Waals surface area contributed by atoms with Crippen LogP contribution in [0.1, 0.15) is 24.2 Å². The largest absolute Gasteiger partial charge is 0.477 e. The Kier molecular flexibility index (Phi) is 4.48. The monoisotopic (exact) mass is 331 g/mol. The highest BCUT2D eigenvalue weighted by Gasteiger charge is 2.20. The lowest BCUT2D eigenvalue weighted by Gasteiger charge is -2.34. The third kappa shape index (κ3) is 2.84. The number of anilines is 1. The van der Waals surface area contributed by atoms with Crippen molar-refractivity contribution in [2.45, 2.75) is 20.4 Å². The van der Waals surface area contributed by atoms with Gasteiger partial charge in [0.25, 0.3) is 0 Å². The van der Waals surface area contributed by atoms with E-state index in [2.05, 4.69) is 26.7 Å². The summed E-state index contributed by atoms with van der Waals surface area (Å²) in [6.45, 7) is 9.16. The van der Waals surface area contributed by atoms with Crippen LogP contribution in [-0.4, -0.2) is 63.2 Å². The maximum Gasteiger partial charge on any atom is 0.341 e. The summed E-state index contributed by atoms with van der Waals surface area (Å²) < 4.78 is 1.69. The predicted octanol–water partition coefficient (Wildman–Crippen LogP) is 0.651. The first-order chi connectivity index (χ1) is 11.5. The van der Waals surface area contributed by atoms with E-state index in [0.29, 0.717) is 18.1 Å². The van der Waals surface area contributed by atoms with Crippen molar-refractivity contribution in [3.05, 3.63) is 28.2 Å². The first-order valence-electron chi connectivity index (χ1n) is 8.16. The number of aromatic carboxylic acids is 1. The van der Waals surface area contributed by atoms with Gasteiger partial charge >= 0.3 is 5.97 Å².